The van der Waals surface area contributed by atoms with Crippen LogP contribution < -0.4 is 20.9 Å². The zero-order valence-electron chi connectivity index (χ0n) is 24.1. The Labute approximate surface area is 250 Å². The fraction of sp³-hybridized carbons (Fsp3) is 0.355. The lowest BCUT2D eigenvalue weighted by Crippen LogP contribution is -2.49. The first-order valence-electron chi connectivity index (χ1n) is 14.4. The minimum Gasteiger partial charge on any atom is -0.369 e. The lowest BCUT2D eigenvalue weighted by Gasteiger charge is -2.36. The molecule has 3 aromatic heterocycles. The Kier molecular flexibility index (Phi) is 9.74. The third kappa shape index (κ3) is 7.62. The number of aryl methyl sites for hydroxylation is 1. The van der Waals surface area contributed by atoms with E-state index in [0.717, 1.165) is 42.4 Å². The number of hydrogen-bond acceptors (Lipinski definition) is 8. The Bertz CT molecular complexity index is 1530. The lowest BCUT2D eigenvalue weighted by molar-refractivity contribution is 0.240. The van der Waals surface area contributed by atoms with E-state index in [4.69, 9.17) is 4.98 Å². The zero-order valence-corrected chi connectivity index (χ0v) is 24.1. The Morgan fingerprint density at radius 3 is 2.56 bits per heavy atom. The fourth-order valence-corrected chi connectivity index (χ4v) is 5.19. The van der Waals surface area contributed by atoms with E-state index < -0.39 is 6.67 Å². The van der Waals surface area contributed by atoms with Gasteiger partial charge in [0.2, 0.25) is 5.95 Å². The number of alkyl halides is 1. The highest BCUT2D eigenvalue weighted by Gasteiger charge is 2.31. The Balaban J connectivity index is 1.27. The molecule has 1 aliphatic rings. The van der Waals surface area contributed by atoms with Crippen LogP contribution in [0.2, 0.25) is 0 Å². The largest absolute Gasteiger partial charge is 0.369 e. The summed E-state index contributed by atoms with van der Waals surface area (Å²) >= 11 is 0. The molecule has 0 spiro atoms. The Morgan fingerprint density at radius 1 is 1.07 bits per heavy atom. The van der Waals surface area contributed by atoms with Gasteiger partial charge in [-0.25, -0.2) is 14.8 Å². The summed E-state index contributed by atoms with van der Waals surface area (Å²) in [6.45, 7) is 0.352. The summed E-state index contributed by atoms with van der Waals surface area (Å²) in [6, 6.07) is 15.6. The van der Waals surface area contributed by atoms with E-state index in [0.29, 0.717) is 42.7 Å². The monoisotopic (exact) mass is 582 g/mol. The fourth-order valence-electron chi connectivity index (χ4n) is 5.19. The van der Waals surface area contributed by atoms with Gasteiger partial charge < -0.3 is 16.0 Å². The first-order chi connectivity index (χ1) is 21.0. The number of hydrogen-bond donors (Lipinski definition) is 3. The summed E-state index contributed by atoms with van der Waals surface area (Å²) in [5, 5.41) is 23.1. The van der Waals surface area contributed by atoms with Crippen LogP contribution in [-0.4, -0.2) is 56.1 Å². The van der Waals surface area contributed by atoms with Crippen LogP contribution in [0, 0.1) is 11.3 Å². The third-order valence-electron chi connectivity index (χ3n) is 7.45. The van der Waals surface area contributed by atoms with Gasteiger partial charge in [0.1, 0.15) is 23.3 Å². The smallest absolute Gasteiger partial charge is 0.323 e. The van der Waals surface area contributed by atoms with Crippen LogP contribution in [0.1, 0.15) is 43.2 Å². The van der Waals surface area contributed by atoms with Crippen LogP contribution in [0.4, 0.5) is 26.8 Å². The molecule has 0 aliphatic heterocycles. The Hall–Kier alpha value is -5.05. The highest BCUT2D eigenvalue weighted by Crippen LogP contribution is 2.29. The summed E-state index contributed by atoms with van der Waals surface area (Å²) < 4.78 is 14.3. The van der Waals surface area contributed by atoms with Gasteiger partial charge in [-0.15, -0.1) is 0 Å². The van der Waals surface area contributed by atoms with Crippen LogP contribution >= 0.6 is 0 Å². The van der Waals surface area contributed by atoms with Crippen molar-refractivity contribution < 1.29 is 9.18 Å². The molecule has 0 bridgehead atoms. The van der Waals surface area contributed by atoms with E-state index in [1.165, 1.54) is 6.20 Å². The number of carbonyl (C=O) groups excluding carboxylic acids is 1. The van der Waals surface area contributed by atoms with Gasteiger partial charge in [0.05, 0.1) is 19.1 Å². The molecule has 11 nitrogen and oxygen atoms in total. The van der Waals surface area contributed by atoms with Gasteiger partial charge >= 0.3 is 6.03 Å². The second kappa shape index (κ2) is 14.2. The van der Waals surface area contributed by atoms with Gasteiger partial charge in [-0.1, -0.05) is 30.3 Å². The SMILES string of the molecule is Cn1cc(-c2ccc(N(C(=O)NCc3ccccc3)[C@H]3CC[C@H](Nc4ncc(C#N)c(NCCCF)n4)CC3)nc2)cn1. The van der Waals surface area contributed by atoms with Crippen molar-refractivity contribution in [2.24, 2.45) is 7.05 Å². The van der Waals surface area contributed by atoms with Crippen molar-refractivity contribution in [1.82, 2.24) is 30.0 Å². The van der Waals surface area contributed by atoms with Crippen LogP contribution in [0.3, 0.4) is 0 Å². The number of halogens is 1. The second-order valence-electron chi connectivity index (χ2n) is 10.5. The van der Waals surface area contributed by atoms with Crippen molar-refractivity contribution >= 4 is 23.6 Å². The van der Waals surface area contributed by atoms with E-state index in [1.807, 2.05) is 55.7 Å². The summed E-state index contributed by atoms with van der Waals surface area (Å²) in [4.78, 5) is 28.9. The second-order valence-corrected chi connectivity index (χ2v) is 10.5. The molecule has 1 saturated carbocycles. The molecule has 1 fully saturated rings. The summed E-state index contributed by atoms with van der Waals surface area (Å²) in [5.41, 5.74) is 3.21. The van der Waals surface area contributed by atoms with Crippen LogP contribution in [0.5, 0.6) is 0 Å². The van der Waals surface area contributed by atoms with Gasteiger partial charge in [0.25, 0.3) is 0 Å². The number of anilines is 3. The van der Waals surface area contributed by atoms with E-state index in [2.05, 4.69) is 37.1 Å². The number of benzene rings is 1. The van der Waals surface area contributed by atoms with Gasteiger partial charge in [0, 0.05) is 55.7 Å². The number of pyridine rings is 1. The van der Waals surface area contributed by atoms with Crippen LogP contribution in [0.15, 0.2) is 67.3 Å². The van der Waals surface area contributed by atoms with Gasteiger partial charge in [-0.2, -0.15) is 15.3 Å². The summed E-state index contributed by atoms with van der Waals surface area (Å²) in [7, 11) is 1.87. The number of rotatable bonds is 11. The maximum atomic E-state index is 13.6. The van der Waals surface area contributed by atoms with E-state index in [1.54, 1.807) is 22.0 Å². The molecule has 0 unspecified atom stereocenters. The number of urea groups is 1. The maximum absolute atomic E-state index is 13.6. The average molecular weight is 583 g/mol. The van der Waals surface area contributed by atoms with Crippen molar-refractivity contribution in [3.63, 3.8) is 0 Å². The number of nitriles is 1. The van der Waals surface area contributed by atoms with Crippen molar-refractivity contribution in [2.75, 3.05) is 28.8 Å². The van der Waals surface area contributed by atoms with Crippen molar-refractivity contribution in [2.45, 2.75) is 50.7 Å². The molecule has 0 saturated heterocycles. The average Bonchev–Trinajstić information content (AvgIpc) is 3.48. The van der Waals surface area contributed by atoms with Crippen molar-refractivity contribution in [3.8, 4) is 17.2 Å². The predicted molar refractivity (Wildman–Crippen MR) is 163 cm³/mol. The molecule has 222 valence electrons. The molecule has 2 amide bonds. The molecule has 43 heavy (non-hydrogen) atoms. The molecule has 0 radical (unpaired) electrons. The predicted octanol–water partition coefficient (Wildman–Crippen LogP) is 5.05. The van der Waals surface area contributed by atoms with E-state index >= 15 is 0 Å². The van der Waals surface area contributed by atoms with Gasteiger partial charge in [-0.3, -0.25) is 14.0 Å². The summed E-state index contributed by atoms with van der Waals surface area (Å²) in [5.74, 6) is 1.40. The molecule has 0 atom stereocenters. The van der Waals surface area contributed by atoms with Crippen molar-refractivity contribution in [1.29, 1.82) is 5.26 Å². The highest BCUT2D eigenvalue weighted by atomic mass is 19.1. The quantitative estimate of drug-likeness (QED) is 0.209. The maximum Gasteiger partial charge on any atom is 0.323 e. The molecule has 3 heterocycles. The molecule has 3 N–H and O–H groups in total. The minimum absolute atomic E-state index is 0.0506. The molecule has 4 aromatic rings. The standard InChI is InChI=1S/C31H35FN10O/c1-41-21-25(20-38-41)23-8-13-28(35-18-23)42(31(43)37-17-22-6-3-2-4-7-22)27-11-9-26(10-12-27)39-30-36-19-24(16-33)29(40-30)34-15-5-14-32/h2-4,6-8,13,18-21,26-27H,5,9-12,14-15,17H2,1H3,(H,37,43)(H2,34,36,39,40)/t26-,27-. The van der Waals surface area contributed by atoms with E-state index in [-0.39, 0.29) is 18.1 Å². The number of aromatic nitrogens is 5. The number of amides is 2. The third-order valence-corrected chi connectivity index (χ3v) is 7.45. The first kappa shape index (κ1) is 29.4. The lowest BCUT2D eigenvalue weighted by atomic mass is 9.90. The Morgan fingerprint density at radius 2 is 1.88 bits per heavy atom. The van der Waals surface area contributed by atoms with Crippen LogP contribution in [-0.2, 0) is 13.6 Å². The summed E-state index contributed by atoms with van der Waals surface area (Å²) in [6.07, 6.45) is 10.4. The van der Waals surface area contributed by atoms with E-state index in [9.17, 15) is 14.4 Å². The van der Waals surface area contributed by atoms with Gasteiger partial charge in [-0.05, 0) is 49.8 Å². The number of nitrogens with one attached hydrogen (secondary N) is 3. The minimum atomic E-state index is -0.445. The highest BCUT2D eigenvalue weighted by molar-refractivity contribution is 5.91. The molecule has 5 rings (SSSR count). The normalized spacial score (nSPS) is 16.2. The van der Waals surface area contributed by atoms with Gasteiger partial charge in [0.15, 0.2) is 0 Å². The molecular formula is C31H35FN10O. The molecule has 1 aliphatic carbocycles. The number of nitrogens with zero attached hydrogens (tertiary/aromatic N) is 7. The molecule has 1 aromatic carbocycles. The first-order valence-corrected chi connectivity index (χ1v) is 14.4. The van der Waals surface area contributed by atoms with Crippen molar-refractivity contribution in [3.05, 3.63) is 78.4 Å². The molecular weight excluding hydrogens is 547 g/mol. The number of carbonyl (C=O) groups is 1. The topological polar surface area (TPSA) is 137 Å². The van der Waals surface area contributed by atoms with Crippen LogP contribution in [0.25, 0.3) is 11.1 Å². The zero-order chi connectivity index (χ0) is 30.0. The molecule has 12 heteroatoms.